The van der Waals surface area contributed by atoms with Crippen molar-refractivity contribution >= 4 is 21.9 Å². The Kier molecular flexibility index (Phi) is 2.31. The van der Waals surface area contributed by atoms with E-state index in [-0.39, 0.29) is 23.6 Å². The van der Waals surface area contributed by atoms with Crippen molar-refractivity contribution in [1.29, 1.82) is 0 Å². The van der Waals surface area contributed by atoms with Gasteiger partial charge in [0, 0.05) is 11.5 Å². The first-order valence-electron chi connectivity index (χ1n) is 5.36. The molecule has 0 fully saturated rings. The Morgan fingerprint density at radius 3 is 2.89 bits per heavy atom. The second-order valence-electron chi connectivity index (χ2n) is 3.91. The molecule has 0 aliphatic heterocycles. The van der Waals surface area contributed by atoms with Crippen LogP contribution in [0.4, 0.5) is 4.39 Å². The van der Waals surface area contributed by atoms with Crippen molar-refractivity contribution in [2.24, 2.45) is 5.73 Å². The SMILES string of the molecule is NCc1nc2nc3cc(F)ccc3cc2c(=O)[nH]1. The molecule has 1 aromatic carbocycles. The molecule has 5 nitrogen and oxygen atoms in total. The number of hydrogen-bond acceptors (Lipinski definition) is 4. The molecule has 0 saturated heterocycles. The van der Waals surface area contributed by atoms with Crippen LogP contribution in [0, 0.1) is 5.82 Å². The lowest BCUT2D eigenvalue weighted by Crippen LogP contribution is -2.15. The maximum absolute atomic E-state index is 13.1. The molecule has 0 aliphatic rings. The van der Waals surface area contributed by atoms with Gasteiger partial charge in [-0.05, 0) is 18.2 Å². The number of nitrogens with zero attached hydrogens (tertiary/aromatic N) is 2. The second kappa shape index (κ2) is 3.85. The summed E-state index contributed by atoms with van der Waals surface area (Å²) in [5, 5.41) is 1.06. The van der Waals surface area contributed by atoms with Crippen LogP contribution < -0.4 is 11.3 Å². The van der Waals surface area contributed by atoms with Crippen LogP contribution in [-0.4, -0.2) is 15.0 Å². The molecule has 2 heterocycles. The van der Waals surface area contributed by atoms with E-state index >= 15 is 0 Å². The van der Waals surface area contributed by atoms with Crippen LogP contribution in [0.3, 0.4) is 0 Å². The molecule has 0 aliphatic carbocycles. The summed E-state index contributed by atoms with van der Waals surface area (Å²) < 4.78 is 13.1. The zero-order valence-corrected chi connectivity index (χ0v) is 9.27. The van der Waals surface area contributed by atoms with Gasteiger partial charge >= 0.3 is 0 Å². The third-order valence-electron chi connectivity index (χ3n) is 2.70. The first-order valence-corrected chi connectivity index (χ1v) is 5.36. The van der Waals surface area contributed by atoms with E-state index < -0.39 is 0 Å². The van der Waals surface area contributed by atoms with Gasteiger partial charge in [0.1, 0.15) is 11.6 Å². The zero-order valence-electron chi connectivity index (χ0n) is 9.27. The van der Waals surface area contributed by atoms with Gasteiger partial charge in [-0.15, -0.1) is 0 Å². The number of H-pyrrole nitrogens is 1. The smallest absolute Gasteiger partial charge is 0.260 e. The lowest BCUT2D eigenvalue weighted by Gasteiger charge is -2.02. The molecule has 18 heavy (non-hydrogen) atoms. The first kappa shape index (κ1) is 10.8. The minimum atomic E-state index is -0.377. The minimum absolute atomic E-state index is 0.119. The fourth-order valence-corrected chi connectivity index (χ4v) is 1.83. The molecule has 0 spiro atoms. The van der Waals surface area contributed by atoms with Gasteiger partial charge in [0.2, 0.25) is 0 Å². The Balaban J connectivity index is 2.45. The molecule has 3 aromatic rings. The van der Waals surface area contributed by atoms with Crippen molar-refractivity contribution in [3.63, 3.8) is 0 Å². The van der Waals surface area contributed by atoms with Gasteiger partial charge in [0.15, 0.2) is 5.65 Å². The summed E-state index contributed by atoms with van der Waals surface area (Å²) in [5.74, 6) is -0.0195. The molecule has 0 radical (unpaired) electrons. The number of benzene rings is 1. The lowest BCUT2D eigenvalue weighted by molar-refractivity contribution is 0.629. The number of nitrogens with two attached hydrogens (primary N) is 1. The fraction of sp³-hybridized carbons (Fsp3) is 0.0833. The highest BCUT2D eigenvalue weighted by atomic mass is 19.1. The number of fused-ring (bicyclic) bond motifs is 2. The largest absolute Gasteiger partial charge is 0.324 e. The molecule has 0 atom stereocenters. The topological polar surface area (TPSA) is 84.7 Å². The Hall–Kier alpha value is -2.34. The number of aromatic nitrogens is 3. The Labute approximate surface area is 100 Å². The maximum Gasteiger partial charge on any atom is 0.260 e. The van der Waals surface area contributed by atoms with Crippen LogP contribution in [0.25, 0.3) is 21.9 Å². The van der Waals surface area contributed by atoms with Crippen LogP contribution >= 0.6 is 0 Å². The summed E-state index contributed by atoms with van der Waals surface area (Å²) in [6.07, 6.45) is 0. The van der Waals surface area contributed by atoms with Crippen molar-refractivity contribution in [3.8, 4) is 0 Å². The number of hydrogen-bond donors (Lipinski definition) is 2. The van der Waals surface area contributed by atoms with Gasteiger partial charge in [-0.1, -0.05) is 0 Å². The van der Waals surface area contributed by atoms with Crippen molar-refractivity contribution in [3.05, 3.63) is 46.3 Å². The minimum Gasteiger partial charge on any atom is -0.324 e. The second-order valence-corrected chi connectivity index (χ2v) is 3.91. The average molecular weight is 244 g/mol. The van der Waals surface area contributed by atoms with E-state index in [4.69, 9.17) is 5.73 Å². The zero-order chi connectivity index (χ0) is 12.7. The highest BCUT2D eigenvalue weighted by molar-refractivity contribution is 5.90. The molecule has 0 bridgehead atoms. The standard InChI is InChI=1S/C12H9FN4O/c13-7-2-1-6-3-8-11(15-9(6)4-7)16-10(5-14)17-12(8)18/h1-4H,5,14H2,(H,15,16,17,18). The van der Waals surface area contributed by atoms with Crippen molar-refractivity contribution in [2.45, 2.75) is 6.54 Å². The third kappa shape index (κ3) is 1.63. The summed E-state index contributed by atoms with van der Waals surface area (Å²) >= 11 is 0. The van der Waals surface area contributed by atoms with Gasteiger partial charge in [-0.2, -0.15) is 0 Å². The van der Waals surface area contributed by atoms with Crippen LogP contribution in [0.1, 0.15) is 5.82 Å². The summed E-state index contributed by atoms with van der Waals surface area (Å²) in [5.41, 5.74) is 5.87. The van der Waals surface area contributed by atoms with Crippen LogP contribution in [0.5, 0.6) is 0 Å². The van der Waals surface area contributed by atoms with E-state index in [9.17, 15) is 9.18 Å². The Morgan fingerprint density at radius 2 is 2.11 bits per heavy atom. The number of pyridine rings is 1. The Bertz CT molecular complexity index is 812. The predicted molar refractivity (Wildman–Crippen MR) is 65.5 cm³/mol. The molecule has 0 amide bonds. The van der Waals surface area contributed by atoms with Crippen molar-refractivity contribution in [1.82, 2.24) is 15.0 Å². The van der Waals surface area contributed by atoms with Gasteiger partial charge < -0.3 is 10.7 Å². The van der Waals surface area contributed by atoms with Crippen molar-refractivity contribution in [2.75, 3.05) is 0 Å². The fourth-order valence-electron chi connectivity index (χ4n) is 1.83. The van der Waals surface area contributed by atoms with E-state index in [1.807, 2.05) is 0 Å². The van der Waals surface area contributed by atoms with Crippen LogP contribution in [0.2, 0.25) is 0 Å². The molecule has 6 heteroatoms. The van der Waals surface area contributed by atoms with E-state index in [0.717, 1.165) is 0 Å². The van der Waals surface area contributed by atoms with Gasteiger partial charge in [0.05, 0.1) is 17.4 Å². The lowest BCUT2D eigenvalue weighted by atomic mass is 10.2. The molecule has 0 unspecified atom stereocenters. The summed E-state index contributed by atoms with van der Waals surface area (Å²) in [4.78, 5) is 22.7. The van der Waals surface area contributed by atoms with Crippen LogP contribution in [0.15, 0.2) is 29.1 Å². The number of halogens is 1. The summed E-state index contributed by atoms with van der Waals surface area (Å²) in [6, 6.07) is 5.85. The number of nitrogens with one attached hydrogen (secondary N) is 1. The molecule has 2 aromatic heterocycles. The molecule has 3 N–H and O–H groups in total. The number of rotatable bonds is 1. The quantitative estimate of drug-likeness (QED) is 0.627. The predicted octanol–water partition coefficient (Wildman–Crippen LogP) is 1.07. The third-order valence-corrected chi connectivity index (χ3v) is 2.70. The highest BCUT2D eigenvalue weighted by Crippen LogP contribution is 2.17. The van der Waals surface area contributed by atoms with E-state index in [2.05, 4.69) is 15.0 Å². The van der Waals surface area contributed by atoms with Crippen molar-refractivity contribution < 1.29 is 4.39 Å². The monoisotopic (exact) mass is 244 g/mol. The van der Waals surface area contributed by atoms with Gasteiger partial charge in [0.25, 0.3) is 5.56 Å². The Morgan fingerprint density at radius 1 is 1.28 bits per heavy atom. The maximum atomic E-state index is 13.1. The average Bonchev–Trinajstić information content (AvgIpc) is 2.36. The summed E-state index contributed by atoms with van der Waals surface area (Å²) in [7, 11) is 0. The molecular weight excluding hydrogens is 235 g/mol. The molecule has 90 valence electrons. The molecule has 3 rings (SSSR count). The van der Waals surface area contributed by atoms with Gasteiger partial charge in [-0.25, -0.2) is 14.4 Å². The van der Waals surface area contributed by atoms with E-state index in [1.54, 1.807) is 12.1 Å². The van der Waals surface area contributed by atoms with E-state index in [1.165, 1.54) is 12.1 Å². The number of aromatic amines is 1. The summed E-state index contributed by atoms with van der Waals surface area (Å²) in [6.45, 7) is 0.119. The highest BCUT2D eigenvalue weighted by Gasteiger charge is 2.07. The molecule has 0 saturated carbocycles. The van der Waals surface area contributed by atoms with Crippen LogP contribution in [-0.2, 0) is 6.54 Å². The van der Waals surface area contributed by atoms with Gasteiger partial charge in [-0.3, -0.25) is 4.79 Å². The molecular formula is C12H9FN4O. The normalized spacial score (nSPS) is 11.2. The first-order chi connectivity index (χ1) is 8.67. The van der Waals surface area contributed by atoms with E-state index in [0.29, 0.717) is 22.1 Å².